The lowest BCUT2D eigenvalue weighted by atomic mass is 10.1. The Balaban J connectivity index is 0.00000115. The molecule has 3 aromatic rings. The van der Waals surface area contributed by atoms with Crippen LogP contribution >= 0.6 is 0 Å². The molecule has 1 heterocycles. The van der Waals surface area contributed by atoms with Gasteiger partial charge in [-0.25, -0.2) is 0 Å². The van der Waals surface area contributed by atoms with Gasteiger partial charge >= 0.3 is 0 Å². The van der Waals surface area contributed by atoms with Crippen molar-refractivity contribution in [3.8, 4) is 11.8 Å². The standard InChI is InChI=1S/C28H29N3O2.C3H6/c1-19(29)25-20(2)31(28(3)16-17-28)24(15-12-21-8-6-5-7-9-21)26(25)27(32)30-23-13-10-22(11-14-23)18-33-4;1-3-2/h5-11,13-14H,2,16-18,29H2,1,3-4H3,(H,30,32);3H,1H2,2H3/b25-19-;. The number of nitrogens with zero attached hydrogens (tertiary/aromatic N) is 1. The maximum absolute atomic E-state index is 13.6. The maximum Gasteiger partial charge on any atom is 0.259 e. The summed E-state index contributed by atoms with van der Waals surface area (Å²) in [6.07, 6.45) is 3.77. The molecule has 36 heavy (non-hydrogen) atoms. The molecule has 0 atom stereocenters. The highest BCUT2D eigenvalue weighted by Crippen LogP contribution is 2.42. The van der Waals surface area contributed by atoms with E-state index in [1.165, 1.54) is 0 Å². The summed E-state index contributed by atoms with van der Waals surface area (Å²) in [5.74, 6) is 6.25. The SMILES string of the molecule is C=CC.C=c1/c(=C(\C)N)c(C(=O)Nc2ccc(COC)cc2)c(C#Cc2ccccc2)n1C1(C)CC1. The molecule has 0 bridgehead atoms. The largest absolute Gasteiger partial charge is 0.402 e. The highest BCUT2D eigenvalue weighted by Gasteiger charge is 2.42. The molecular weight excluding hydrogens is 446 g/mol. The molecule has 5 nitrogen and oxygen atoms in total. The van der Waals surface area contributed by atoms with Crippen molar-refractivity contribution in [1.29, 1.82) is 0 Å². The number of carbonyl (C=O) groups is 1. The van der Waals surface area contributed by atoms with Gasteiger partial charge < -0.3 is 20.4 Å². The van der Waals surface area contributed by atoms with E-state index in [1.54, 1.807) is 20.1 Å². The minimum absolute atomic E-state index is 0.109. The van der Waals surface area contributed by atoms with Gasteiger partial charge in [0.15, 0.2) is 0 Å². The molecular formula is C31H35N3O2. The molecule has 1 aliphatic rings. The lowest BCUT2D eigenvalue weighted by Gasteiger charge is -2.14. The van der Waals surface area contributed by atoms with Crippen LogP contribution in [0.3, 0.4) is 0 Å². The summed E-state index contributed by atoms with van der Waals surface area (Å²) in [7, 11) is 1.66. The fraction of sp³-hybridized carbons (Fsp3) is 0.258. The Morgan fingerprint density at radius 3 is 2.31 bits per heavy atom. The molecule has 1 amide bonds. The molecule has 2 aromatic carbocycles. The van der Waals surface area contributed by atoms with Gasteiger partial charge in [0.2, 0.25) is 0 Å². The minimum Gasteiger partial charge on any atom is -0.402 e. The van der Waals surface area contributed by atoms with Crippen LogP contribution in [0.1, 0.15) is 60.8 Å². The number of allylic oxidation sites excluding steroid dienone is 1. The molecule has 0 spiro atoms. The second-order valence-electron chi connectivity index (χ2n) is 9.17. The van der Waals surface area contributed by atoms with Crippen LogP contribution in [-0.4, -0.2) is 17.6 Å². The van der Waals surface area contributed by atoms with Crippen molar-refractivity contribution >= 4 is 23.9 Å². The van der Waals surface area contributed by atoms with Crippen LogP contribution in [0.25, 0.3) is 12.3 Å². The van der Waals surface area contributed by atoms with E-state index >= 15 is 0 Å². The first-order valence-electron chi connectivity index (χ1n) is 12.0. The molecule has 1 fully saturated rings. The van der Waals surface area contributed by atoms with Gasteiger partial charge in [-0.2, -0.15) is 0 Å². The van der Waals surface area contributed by atoms with E-state index in [0.29, 0.717) is 34.5 Å². The third-order valence-corrected chi connectivity index (χ3v) is 6.03. The van der Waals surface area contributed by atoms with E-state index in [0.717, 1.165) is 29.3 Å². The number of amides is 1. The quantitative estimate of drug-likeness (QED) is 0.417. The molecule has 1 aliphatic carbocycles. The van der Waals surface area contributed by atoms with Crippen LogP contribution in [0.15, 0.2) is 67.3 Å². The Bertz CT molecular complexity index is 1400. The number of hydrogen-bond donors (Lipinski definition) is 2. The molecule has 3 N–H and O–H groups in total. The molecule has 1 saturated carbocycles. The Kier molecular flexibility index (Phi) is 8.58. The normalized spacial score (nSPS) is 13.9. The maximum atomic E-state index is 13.6. The van der Waals surface area contributed by atoms with Crippen molar-refractivity contribution in [3.63, 3.8) is 0 Å². The molecule has 1 aromatic heterocycles. The first kappa shape index (κ1) is 26.6. The number of carbonyl (C=O) groups excluding carboxylic acids is 1. The molecule has 186 valence electrons. The summed E-state index contributed by atoms with van der Waals surface area (Å²) in [6, 6.07) is 17.3. The Labute approximate surface area is 214 Å². The summed E-state index contributed by atoms with van der Waals surface area (Å²) in [6.45, 7) is 14.0. The molecule has 4 rings (SSSR count). The first-order valence-corrected chi connectivity index (χ1v) is 12.0. The number of anilines is 1. The molecule has 0 unspecified atom stereocenters. The van der Waals surface area contributed by atoms with Crippen molar-refractivity contribution in [2.45, 2.75) is 45.8 Å². The van der Waals surface area contributed by atoms with Gasteiger partial charge in [0.05, 0.1) is 12.2 Å². The average molecular weight is 482 g/mol. The zero-order valence-corrected chi connectivity index (χ0v) is 21.7. The lowest BCUT2D eigenvalue weighted by Crippen LogP contribution is -2.37. The van der Waals surface area contributed by atoms with Gasteiger partial charge in [-0.15, -0.1) is 6.58 Å². The Morgan fingerprint density at radius 2 is 1.78 bits per heavy atom. The van der Waals surface area contributed by atoms with Gasteiger partial charge in [0.25, 0.3) is 5.91 Å². The fourth-order valence-corrected chi connectivity index (χ4v) is 4.08. The molecule has 5 heteroatoms. The van der Waals surface area contributed by atoms with Gasteiger partial charge in [0, 0.05) is 40.2 Å². The van der Waals surface area contributed by atoms with Crippen LogP contribution in [0.2, 0.25) is 0 Å². The fourth-order valence-electron chi connectivity index (χ4n) is 4.08. The number of ether oxygens (including phenoxy) is 1. The van der Waals surface area contributed by atoms with Gasteiger partial charge in [-0.1, -0.05) is 48.9 Å². The summed E-state index contributed by atoms with van der Waals surface area (Å²) in [4.78, 5) is 13.6. The number of aromatic nitrogens is 1. The number of benzene rings is 2. The van der Waals surface area contributed by atoms with Crippen molar-refractivity contribution in [2.75, 3.05) is 12.4 Å². The van der Waals surface area contributed by atoms with Crippen LogP contribution < -0.4 is 21.6 Å². The Hall–Kier alpha value is -4.01. The van der Waals surface area contributed by atoms with E-state index in [1.807, 2.05) is 61.5 Å². The number of methoxy groups -OCH3 is 1. The summed E-state index contributed by atoms with van der Waals surface area (Å²) in [5.41, 5.74) is 10.4. The van der Waals surface area contributed by atoms with Crippen LogP contribution in [0.4, 0.5) is 5.69 Å². The number of rotatable bonds is 5. The predicted octanol–water partition coefficient (Wildman–Crippen LogP) is 4.49. The van der Waals surface area contributed by atoms with Crippen LogP contribution in [0, 0.1) is 11.8 Å². The third kappa shape index (κ3) is 5.97. The number of nitrogens with two attached hydrogens (primary N) is 1. The highest BCUT2D eigenvalue weighted by atomic mass is 16.5. The number of nitrogens with one attached hydrogen (secondary N) is 1. The predicted molar refractivity (Wildman–Crippen MR) is 149 cm³/mol. The zero-order valence-electron chi connectivity index (χ0n) is 21.7. The first-order chi connectivity index (χ1) is 17.3. The average Bonchev–Trinajstić information content (AvgIpc) is 3.51. The monoisotopic (exact) mass is 481 g/mol. The Morgan fingerprint density at radius 1 is 1.17 bits per heavy atom. The van der Waals surface area contributed by atoms with Crippen molar-refractivity contribution < 1.29 is 9.53 Å². The van der Waals surface area contributed by atoms with E-state index in [4.69, 9.17) is 10.5 Å². The molecule has 0 saturated heterocycles. The molecule has 0 aliphatic heterocycles. The van der Waals surface area contributed by atoms with E-state index in [2.05, 4.69) is 41.8 Å². The van der Waals surface area contributed by atoms with Gasteiger partial charge in [0.1, 0.15) is 5.69 Å². The lowest BCUT2D eigenvalue weighted by molar-refractivity contribution is 0.102. The summed E-state index contributed by atoms with van der Waals surface area (Å²) < 4.78 is 7.27. The van der Waals surface area contributed by atoms with Crippen LogP contribution in [0.5, 0.6) is 0 Å². The van der Waals surface area contributed by atoms with Crippen molar-refractivity contribution in [2.24, 2.45) is 5.73 Å². The molecule has 0 radical (unpaired) electrons. The highest BCUT2D eigenvalue weighted by molar-refractivity contribution is 6.06. The van der Waals surface area contributed by atoms with E-state index < -0.39 is 0 Å². The second-order valence-corrected chi connectivity index (χ2v) is 9.17. The van der Waals surface area contributed by atoms with Gasteiger partial charge in [-0.05, 0) is 69.4 Å². The second kappa shape index (κ2) is 11.6. The van der Waals surface area contributed by atoms with Gasteiger partial charge in [-0.3, -0.25) is 4.79 Å². The topological polar surface area (TPSA) is 69.3 Å². The van der Waals surface area contributed by atoms with Crippen LogP contribution in [-0.2, 0) is 16.9 Å². The van der Waals surface area contributed by atoms with E-state index in [9.17, 15) is 4.79 Å². The smallest absolute Gasteiger partial charge is 0.259 e. The zero-order chi connectivity index (χ0) is 26.3. The number of hydrogen-bond acceptors (Lipinski definition) is 3. The summed E-state index contributed by atoms with van der Waals surface area (Å²) in [5, 5.41) is 4.41. The minimum atomic E-state index is -0.250. The summed E-state index contributed by atoms with van der Waals surface area (Å²) >= 11 is 0. The van der Waals surface area contributed by atoms with Crippen molar-refractivity contribution in [1.82, 2.24) is 4.57 Å². The third-order valence-electron chi connectivity index (χ3n) is 6.03. The van der Waals surface area contributed by atoms with E-state index in [-0.39, 0.29) is 11.4 Å². The van der Waals surface area contributed by atoms with Crippen molar-refractivity contribution in [3.05, 3.63) is 100 Å².